The predicted octanol–water partition coefficient (Wildman–Crippen LogP) is 2.07. The molecule has 0 spiro atoms. The maximum absolute atomic E-state index is 12.7. The quantitative estimate of drug-likeness (QED) is 0.566. The molecule has 2 aromatic rings. The number of anilines is 2. The summed E-state index contributed by atoms with van der Waals surface area (Å²) in [6.07, 6.45) is 1.32. The molecule has 1 saturated heterocycles. The molecule has 1 aliphatic rings. The molecule has 0 unspecified atom stereocenters. The van der Waals surface area contributed by atoms with Gasteiger partial charge in [0, 0.05) is 36.5 Å². The minimum Gasteiger partial charge on any atom is -0.356 e. The number of aromatic nitrogens is 1. The number of aryl methyl sites for hydroxylation is 1. The second-order valence-electron chi connectivity index (χ2n) is 6.75. The van der Waals surface area contributed by atoms with Gasteiger partial charge in [-0.2, -0.15) is 16.1 Å². The van der Waals surface area contributed by atoms with Gasteiger partial charge >= 0.3 is 0 Å². The minimum atomic E-state index is -3.64. The number of H-pyrrole nitrogens is 1. The highest BCUT2D eigenvalue weighted by Crippen LogP contribution is 2.23. The van der Waals surface area contributed by atoms with Gasteiger partial charge in [-0.25, -0.2) is 16.8 Å². The van der Waals surface area contributed by atoms with E-state index in [1.165, 1.54) is 16.6 Å². The molecule has 0 aliphatic carbocycles. The summed E-state index contributed by atoms with van der Waals surface area (Å²) in [5.41, 5.74) is 1.66. The third-order valence-corrected chi connectivity index (χ3v) is 8.75. The van der Waals surface area contributed by atoms with Gasteiger partial charge < -0.3 is 10.3 Å². The molecular weight excluding hydrogens is 448 g/mol. The lowest BCUT2D eigenvalue weighted by Gasteiger charge is -2.24. The average Bonchev–Trinajstić information content (AvgIpc) is 3.22. The molecule has 9 nitrogen and oxygen atoms in total. The van der Waals surface area contributed by atoms with E-state index in [0.29, 0.717) is 30.0 Å². The van der Waals surface area contributed by atoms with Crippen LogP contribution in [0.2, 0.25) is 0 Å². The van der Waals surface area contributed by atoms with Crippen LogP contribution in [0.25, 0.3) is 0 Å². The lowest BCUT2D eigenvalue weighted by molar-refractivity contribution is 0.102. The van der Waals surface area contributed by atoms with Crippen molar-refractivity contribution >= 4 is 49.1 Å². The van der Waals surface area contributed by atoms with E-state index in [4.69, 9.17) is 0 Å². The van der Waals surface area contributed by atoms with Gasteiger partial charge in [0.2, 0.25) is 20.0 Å². The third-order valence-electron chi connectivity index (χ3n) is 4.64. The summed E-state index contributed by atoms with van der Waals surface area (Å²) in [4.78, 5) is 15.3. The molecule has 1 amide bonds. The summed E-state index contributed by atoms with van der Waals surface area (Å²) in [7, 11) is -7.04. The zero-order chi connectivity index (χ0) is 21.9. The fourth-order valence-electron chi connectivity index (χ4n) is 2.88. The Hall–Kier alpha value is -2.02. The van der Waals surface area contributed by atoms with Crippen LogP contribution in [0.5, 0.6) is 0 Å². The molecule has 1 aromatic carbocycles. The molecule has 2 heterocycles. The number of carbonyl (C=O) groups is 1. The Bertz CT molecular complexity index is 1140. The standard InChI is InChI=1S/C18H24N4O5S3/c1-3-29(24,25)21-16-5-4-14(10-13(16)2)20-18(23)17-11-15(12-19-17)30(26,27)22-6-8-28-9-7-22/h4-5,10-12,19,21H,3,6-9H2,1-2H3,(H,20,23). The summed E-state index contributed by atoms with van der Waals surface area (Å²) in [5.74, 6) is 0.966. The highest BCUT2D eigenvalue weighted by molar-refractivity contribution is 7.99. The fraction of sp³-hybridized carbons (Fsp3) is 0.389. The van der Waals surface area contributed by atoms with E-state index in [1.54, 1.807) is 43.8 Å². The normalized spacial score (nSPS) is 15.7. The van der Waals surface area contributed by atoms with Gasteiger partial charge in [0.15, 0.2) is 0 Å². The van der Waals surface area contributed by atoms with Crippen molar-refractivity contribution in [3.63, 3.8) is 0 Å². The zero-order valence-electron chi connectivity index (χ0n) is 16.6. The van der Waals surface area contributed by atoms with Gasteiger partial charge in [-0.05, 0) is 43.7 Å². The number of sulfonamides is 2. The SMILES string of the molecule is CCS(=O)(=O)Nc1ccc(NC(=O)c2cc(S(=O)(=O)N3CCSCC3)c[nH]2)cc1C. The number of carbonyl (C=O) groups excluding carboxylic acids is 1. The van der Waals surface area contributed by atoms with Crippen molar-refractivity contribution in [2.24, 2.45) is 0 Å². The Labute approximate surface area is 180 Å². The topological polar surface area (TPSA) is 128 Å². The summed E-state index contributed by atoms with van der Waals surface area (Å²) in [6.45, 7) is 4.17. The summed E-state index contributed by atoms with van der Waals surface area (Å²) < 4.78 is 52.8. The first kappa shape index (κ1) is 22.7. The molecule has 0 bridgehead atoms. The first-order chi connectivity index (χ1) is 14.1. The number of benzene rings is 1. The molecule has 1 aliphatic heterocycles. The van der Waals surface area contributed by atoms with E-state index in [1.807, 2.05) is 0 Å². The van der Waals surface area contributed by atoms with Crippen LogP contribution in [0, 0.1) is 6.92 Å². The molecule has 30 heavy (non-hydrogen) atoms. The van der Waals surface area contributed by atoms with Crippen LogP contribution >= 0.6 is 11.8 Å². The van der Waals surface area contributed by atoms with Crippen LogP contribution in [0.1, 0.15) is 23.0 Å². The molecule has 3 rings (SSSR count). The van der Waals surface area contributed by atoms with E-state index in [2.05, 4.69) is 15.0 Å². The Kier molecular flexibility index (Phi) is 6.80. The van der Waals surface area contributed by atoms with Crippen LogP contribution in [0.4, 0.5) is 11.4 Å². The van der Waals surface area contributed by atoms with Gasteiger partial charge in [0.25, 0.3) is 5.91 Å². The van der Waals surface area contributed by atoms with E-state index in [-0.39, 0.29) is 16.3 Å². The lowest BCUT2D eigenvalue weighted by Crippen LogP contribution is -2.37. The van der Waals surface area contributed by atoms with Gasteiger partial charge in [-0.1, -0.05) is 0 Å². The van der Waals surface area contributed by atoms with Crippen molar-refractivity contribution in [2.75, 3.05) is 40.4 Å². The van der Waals surface area contributed by atoms with Gasteiger partial charge in [-0.15, -0.1) is 0 Å². The van der Waals surface area contributed by atoms with E-state index >= 15 is 0 Å². The maximum Gasteiger partial charge on any atom is 0.272 e. The Morgan fingerprint density at radius 2 is 1.87 bits per heavy atom. The van der Waals surface area contributed by atoms with Gasteiger partial charge in [0.05, 0.1) is 11.4 Å². The minimum absolute atomic E-state index is 0.0424. The van der Waals surface area contributed by atoms with Crippen LogP contribution < -0.4 is 10.0 Å². The second kappa shape index (κ2) is 9.00. The molecule has 0 saturated carbocycles. The van der Waals surface area contributed by atoms with E-state index in [0.717, 1.165) is 11.5 Å². The summed E-state index contributed by atoms with van der Waals surface area (Å²) in [5, 5.41) is 2.69. The highest BCUT2D eigenvalue weighted by atomic mass is 32.2. The van der Waals surface area contributed by atoms with Crippen molar-refractivity contribution < 1.29 is 21.6 Å². The molecule has 0 atom stereocenters. The maximum atomic E-state index is 12.7. The largest absolute Gasteiger partial charge is 0.356 e. The van der Waals surface area contributed by atoms with Gasteiger partial charge in [-0.3, -0.25) is 9.52 Å². The monoisotopic (exact) mass is 472 g/mol. The van der Waals surface area contributed by atoms with Crippen LogP contribution in [-0.4, -0.2) is 62.4 Å². The van der Waals surface area contributed by atoms with Crippen molar-refractivity contribution in [3.05, 3.63) is 41.7 Å². The highest BCUT2D eigenvalue weighted by Gasteiger charge is 2.27. The van der Waals surface area contributed by atoms with E-state index < -0.39 is 26.0 Å². The number of nitrogens with zero attached hydrogens (tertiary/aromatic N) is 1. The Balaban J connectivity index is 1.72. The van der Waals surface area contributed by atoms with Crippen molar-refractivity contribution in [3.8, 4) is 0 Å². The van der Waals surface area contributed by atoms with Crippen LogP contribution in [0.3, 0.4) is 0 Å². The lowest BCUT2D eigenvalue weighted by atomic mass is 10.2. The summed E-state index contributed by atoms with van der Waals surface area (Å²) in [6, 6.07) is 6.10. The number of hydrogen-bond acceptors (Lipinski definition) is 6. The third kappa shape index (κ3) is 5.17. The molecule has 0 radical (unpaired) electrons. The second-order valence-corrected chi connectivity index (χ2v) is 11.9. The van der Waals surface area contributed by atoms with Crippen molar-refractivity contribution in [2.45, 2.75) is 18.7 Å². The number of aromatic amines is 1. The molecule has 164 valence electrons. The van der Waals surface area contributed by atoms with Gasteiger partial charge in [0.1, 0.15) is 10.6 Å². The fourth-order valence-corrected chi connectivity index (χ4v) is 6.16. The average molecular weight is 473 g/mol. The molecule has 3 N–H and O–H groups in total. The molecule has 1 fully saturated rings. The number of thioether (sulfide) groups is 1. The predicted molar refractivity (Wildman–Crippen MR) is 119 cm³/mol. The first-order valence-electron chi connectivity index (χ1n) is 9.31. The Morgan fingerprint density at radius 1 is 1.17 bits per heavy atom. The van der Waals surface area contributed by atoms with E-state index in [9.17, 15) is 21.6 Å². The Morgan fingerprint density at radius 3 is 2.50 bits per heavy atom. The van der Waals surface area contributed by atoms with Crippen LogP contribution in [0.15, 0.2) is 35.4 Å². The van der Waals surface area contributed by atoms with Crippen LogP contribution in [-0.2, 0) is 20.0 Å². The molecular formula is C18H24N4O5S3. The first-order valence-corrected chi connectivity index (χ1v) is 13.6. The smallest absolute Gasteiger partial charge is 0.272 e. The number of rotatable bonds is 7. The molecule has 12 heteroatoms. The van der Waals surface area contributed by atoms with Crippen molar-refractivity contribution in [1.29, 1.82) is 0 Å². The number of amides is 1. The number of nitrogens with one attached hydrogen (secondary N) is 3. The summed E-state index contributed by atoms with van der Waals surface area (Å²) >= 11 is 1.71. The molecule has 1 aromatic heterocycles. The zero-order valence-corrected chi connectivity index (χ0v) is 19.1. The van der Waals surface area contributed by atoms with Crippen molar-refractivity contribution in [1.82, 2.24) is 9.29 Å². The number of hydrogen-bond donors (Lipinski definition) is 3.